The number of hydrogen-bond acceptors (Lipinski definition) is 12. The summed E-state index contributed by atoms with van der Waals surface area (Å²) in [5, 5.41) is 4.95. The van der Waals surface area contributed by atoms with Crippen LogP contribution in [0.2, 0.25) is 0 Å². The molecule has 4 heterocycles. The van der Waals surface area contributed by atoms with Crippen LogP contribution < -0.4 is 20.1 Å². The molecule has 0 saturated carbocycles. The second kappa shape index (κ2) is 25.2. The molecule has 76 heavy (non-hydrogen) atoms. The number of halogens is 8. The van der Waals surface area contributed by atoms with Crippen LogP contribution in [0.3, 0.4) is 0 Å². The molecule has 0 bridgehead atoms. The van der Waals surface area contributed by atoms with E-state index in [1.165, 1.54) is 36.7 Å². The molecule has 8 rings (SSSR count). The van der Waals surface area contributed by atoms with Gasteiger partial charge in [-0.15, -0.1) is 26.3 Å². The first kappa shape index (κ1) is 56.1. The molecule has 14 nitrogen and oxygen atoms in total. The minimum Gasteiger partial charge on any atom is -0.404 e. The highest BCUT2D eigenvalue weighted by Gasteiger charge is 2.35. The Hall–Kier alpha value is -7.66. The molecule has 400 valence electrons. The Labute approximate surface area is 430 Å². The third kappa shape index (κ3) is 15.7. The Balaban J connectivity index is 0.000000221. The van der Waals surface area contributed by atoms with Gasteiger partial charge < -0.3 is 29.6 Å². The molecule has 2 aliphatic rings. The van der Waals surface area contributed by atoms with Crippen molar-refractivity contribution in [2.45, 2.75) is 51.5 Å². The first-order valence-corrected chi connectivity index (χ1v) is 23.7. The number of hydrogen-bond donors (Lipinski definition) is 2. The number of nitrogens with one attached hydrogen (secondary N) is 2. The molecule has 2 aromatic heterocycles. The summed E-state index contributed by atoms with van der Waals surface area (Å²) in [6.07, 6.45) is -7.33. The molecule has 0 radical (unpaired) electrons. The summed E-state index contributed by atoms with van der Waals surface area (Å²) in [4.78, 5) is 63.7. The van der Waals surface area contributed by atoms with E-state index in [1.54, 1.807) is 74.5 Å². The maximum atomic E-state index is 14.0. The van der Waals surface area contributed by atoms with Crippen LogP contribution in [0, 0.1) is 11.6 Å². The van der Waals surface area contributed by atoms with Crippen LogP contribution in [0.4, 0.5) is 46.5 Å². The average Bonchev–Trinajstić information content (AvgIpc) is 3.40. The number of rotatable bonds is 16. The molecule has 2 atom stereocenters. The Morgan fingerprint density at radius 2 is 0.921 bits per heavy atom. The van der Waals surface area contributed by atoms with Gasteiger partial charge in [0.1, 0.15) is 11.6 Å². The van der Waals surface area contributed by atoms with Crippen LogP contribution in [0.1, 0.15) is 45.7 Å². The molecule has 0 aliphatic carbocycles. The average molecular weight is 1060 g/mol. The van der Waals surface area contributed by atoms with Crippen molar-refractivity contribution in [3.05, 3.63) is 155 Å². The molecule has 2 aliphatic heterocycles. The van der Waals surface area contributed by atoms with E-state index in [0.717, 1.165) is 24.3 Å². The fourth-order valence-corrected chi connectivity index (χ4v) is 8.05. The zero-order valence-electron chi connectivity index (χ0n) is 40.9. The Morgan fingerprint density at radius 1 is 0.553 bits per heavy atom. The third-order valence-corrected chi connectivity index (χ3v) is 12.2. The minimum absolute atomic E-state index is 0.0760. The number of nitrogens with zero attached hydrogens (tertiary/aromatic N) is 4. The number of alkyl halides is 6. The highest BCUT2D eigenvalue weighted by molar-refractivity contribution is 6.02. The number of aromatic nitrogens is 2. The molecule has 0 spiro atoms. The minimum atomic E-state index is -4.99. The number of carbonyl (C=O) groups excluding carboxylic acids is 4. The van der Waals surface area contributed by atoms with Crippen LogP contribution in [0.25, 0.3) is 22.5 Å². The molecule has 6 aromatic rings. The number of anilines is 2. The van der Waals surface area contributed by atoms with Gasteiger partial charge in [0.15, 0.2) is 23.1 Å². The number of amides is 2. The van der Waals surface area contributed by atoms with E-state index in [4.69, 9.17) is 9.47 Å². The maximum Gasteiger partial charge on any atom is 0.573 e. The van der Waals surface area contributed by atoms with E-state index in [1.807, 2.05) is 9.80 Å². The number of ketones is 2. The number of Topliss-reactive ketones (excluding diaryl/α,β-unsaturated/α-hetero) is 2. The van der Waals surface area contributed by atoms with Gasteiger partial charge in [-0.1, -0.05) is 36.4 Å². The Morgan fingerprint density at radius 3 is 1.25 bits per heavy atom. The molecular formula is C54H50F8N6O8. The molecular weight excluding hydrogens is 1010 g/mol. The molecule has 2 amide bonds. The van der Waals surface area contributed by atoms with Gasteiger partial charge in [-0.25, -0.2) is 8.78 Å². The largest absolute Gasteiger partial charge is 0.573 e. The zero-order chi connectivity index (χ0) is 54.6. The predicted molar refractivity (Wildman–Crippen MR) is 263 cm³/mol. The molecule has 4 aromatic carbocycles. The van der Waals surface area contributed by atoms with E-state index in [9.17, 15) is 54.3 Å². The first-order valence-electron chi connectivity index (χ1n) is 23.7. The summed E-state index contributed by atoms with van der Waals surface area (Å²) in [5.41, 5.74) is 2.08. The number of ether oxygens (including phenoxy) is 4. The van der Waals surface area contributed by atoms with Crippen molar-refractivity contribution in [1.82, 2.24) is 19.8 Å². The van der Waals surface area contributed by atoms with Crippen LogP contribution in [-0.2, 0) is 31.9 Å². The molecule has 2 saturated heterocycles. The molecule has 2 fully saturated rings. The van der Waals surface area contributed by atoms with Gasteiger partial charge >= 0.3 is 12.7 Å². The van der Waals surface area contributed by atoms with Crippen molar-refractivity contribution >= 4 is 34.8 Å². The number of carbonyl (C=O) groups is 4. The lowest BCUT2D eigenvalue weighted by atomic mass is 10.0. The SMILES string of the molecule is C[C@@H](C(=O)Nc1cc(C(=O)Cc2ccc(-c3ccccc3F)nc2)ccc1OC(F)(F)F)N1CCOCC1.C[C@H](C(=O)Nc1cc(C(=O)Cc2ccc(-c3ccccc3F)nc2)ccc1OC(F)(F)F)N1CCOCC1. The highest BCUT2D eigenvalue weighted by Crippen LogP contribution is 2.34. The summed E-state index contributed by atoms with van der Waals surface area (Å²) in [7, 11) is 0. The van der Waals surface area contributed by atoms with E-state index in [2.05, 4.69) is 30.1 Å². The first-order chi connectivity index (χ1) is 36.2. The van der Waals surface area contributed by atoms with Gasteiger partial charge in [0.2, 0.25) is 11.8 Å². The fraction of sp³-hybridized carbons (Fsp3) is 0.296. The lowest BCUT2D eigenvalue weighted by molar-refractivity contribution is -0.275. The number of pyridine rings is 2. The lowest BCUT2D eigenvalue weighted by Crippen LogP contribution is -2.47. The highest BCUT2D eigenvalue weighted by atomic mass is 19.4. The second-order valence-electron chi connectivity index (χ2n) is 17.4. The summed E-state index contributed by atoms with van der Waals surface area (Å²) in [6.45, 7) is 7.06. The predicted octanol–water partition coefficient (Wildman–Crippen LogP) is 9.74. The number of morpholine rings is 2. The topological polar surface area (TPSA) is 162 Å². The second-order valence-corrected chi connectivity index (χ2v) is 17.4. The van der Waals surface area contributed by atoms with Crippen LogP contribution >= 0.6 is 0 Å². The maximum absolute atomic E-state index is 14.0. The van der Waals surface area contributed by atoms with Crippen LogP contribution in [-0.4, -0.2) is 121 Å². The van der Waals surface area contributed by atoms with Gasteiger partial charge in [-0.2, -0.15) is 0 Å². The number of benzene rings is 4. The van der Waals surface area contributed by atoms with E-state index >= 15 is 0 Å². The Kier molecular flexibility index (Phi) is 18.6. The van der Waals surface area contributed by atoms with E-state index < -0.39 is 71.3 Å². The zero-order valence-corrected chi connectivity index (χ0v) is 40.9. The van der Waals surface area contributed by atoms with Gasteiger partial charge in [-0.3, -0.25) is 38.9 Å². The fourth-order valence-electron chi connectivity index (χ4n) is 8.05. The standard InChI is InChI=1S/2C27H25F4N3O4/c2*1-17(34-10-12-37-13-11-34)26(36)33-23-15-19(7-9-25(23)38-27(29,30)31)24(35)14-18-6-8-22(32-16-18)20-4-2-3-5-21(20)28/h2*2-9,15-17H,10-14H2,1H3,(H,33,36)/t2*17-/m10/s1. The van der Waals surface area contributed by atoms with Crippen molar-refractivity contribution in [3.8, 4) is 34.0 Å². The summed E-state index contributed by atoms with van der Waals surface area (Å²) in [6, 6.07) is 24.2. The van der Waals surface area contributed by atoms with E-state index in [0.29, 0.717) is 86.2 Å². The smallest absolute Gasteiger partial charge is 0.404 e. The third-order valence-electron chi connectivity index (χ3n) is 12.2. The van der Waals surface area contributed by atoms with Gasteiger partial charge in [-0.05, 0) is 97.8 Å². The van der Waals surface area contributed by atoms with Crippen LogP contribution in [0.15, 0.2) is 122 Å². The van der Waals surface area contributed by atoms with Crippen molar-refractivity contribution in [2.24, 2.45) is 0 Å². The molecule has 2 N–H and O–H groups in total. The van der Waals surface area contributed by atoms with Crippen LogP contribution in [0.5, 0.6) is 11.5 Å². The summed E-state index contributed by atoms with van der Waals surface area (Å²) < 4.78 is 125. The van der Waals surface area contributed by atoms with Crippen molar-refractivity contribution in [3.63, 3.8) is 0 Å². The lowest BCUT2D eigenvalue weighted by Gasteiger charge is -2.31. The monoisotopic (exact) mass is 1060 g/mol. The van der Waals surface area contributed by atoms with Gasteiger partial charge in [0.05, 0.1) is 61.3 Å². The Bertz CT molecular complexity index is 2780. The van der Waals surface area contributed by atoms with E-state index in [-0.39, 0.29) is 35.3 Å². The van der Waals surface area contributed by atoms with Gasteiger partial charge in [0, 0.05) is 73.7 Å². The molecule has 0 unspecified atom stereocenters. The molecule has 22 heteroatoms. The summed E-state index contributed by atoms with van der Waals surface area (Å²) in [5.74, 6) is -4.04. The quantitative estimate of drug-likeness (QED) is 0.0699. The normalized spacial score (nSPS) is 15.1. The van der Waals surface area contributed by atoms with Gasteiger partial charge in [0.25, 0.3) is 0 Å². The summed E-state index contributed by atoms with van der Waals surface area (Å²) >= 11 is 0. The van der Waals surface area contributed by atoms with Crippen molar-refractivity contribution in [1.29, 1.82) is 0 Å². The van der Waals surface area contributed by atoms with Crippen molar-refractivity contribution < 1.29 is 73.2 Å². The van der Waals surface area contributed by atoms with Crippen molar-refractivity contribution in [2.75, 3.05) is 63.2 Å².